The summed E-state index contributed by atoms with van der Waals surface area (Å²) in [7, 11) is 1.67. The number of hydrogen-bond donors (Lipinski definition) is 4. The zero-order valence-electron chi connectivity index (χ0n) is 24.5. The third kappa shape index (κ3) is 7.29. The van der Waals surface area contributed by atoms with Crippen molar-refractivity contribution in [3.8, 4) is 5.75 Å². The number of aliphatic hydroxyl groups is 1. The molecule has 1 fully saturated rings. The van der Waals surface area contributed by atoms with Gasteiger partial charge in [0.1, 0.15) is 23.2 Å². The van der Waals surface area contributed by atoms with Crippen molar-refractivity contribution in [3.05, 3.63) is 35.2 Å². The number of amides is 5. The molecule has 1 aromatic heterocycles. The smallest absolute Gasteiger partial charge is 0.321 e. The Morgan fingerprint density at radius 3 is 2.59 bits per heavy atom. The SMILES string of the molecule is Cc1noc(C)c1NC(=O)N(C)C[C@@H]1Oc2ccc(NC(=O)NC3CCCCC3)cc2C(=O)N([C@@H](C)CO)C[C@@H]1C. The van der Waals surface area contributed by atoms with Gasteiger partial charge in [0.2, 0.25) is 0 Å². The molecule has 2 heterocycles. The maximum atomic E-state index is 13.7. The van der Waals surface area contributed by atoms with E-state index in [0.29, 0.717) is 35.1 Å². The first-order chi connectivity index (χ1) is 19.6. The van der Waals surface area contributed by atoms with Gasteiger partial charge < -0.3 is 40.1 Å². The van der Waals surface area contributed by atoms with Gasteiger partial charge >= 0.3 is 12.1 Å². The van der Waals surface area contributed by atoms with E-state index in [0.717, 1.165) is 25.7 Å². The second-order valence-corrected chi connectivity index (χ2v) is 11.3. The van der Waals surface area contributed by atoms with Gasteiger partial charge in [0.15, 0.2) is 5.76 Å². The van der Waals surface area contributed by atoms with Crippen LogP contribution in [-0.4, -0.2) is 83.0 Å². The molecule has 2 aliphatic rings. The topological polar surface area (TPSA) is 149 Å². The number of nitrogens with zero attached hydrogens (tertiary/aromatic N) is 3. The molecule has 0 radical (unpaired) electrons. The normalized spacial score (nSPS) is 20.2. The summed E-state index contributed by atoms with van der Waals surface area (Å²) in [4.78, 5) is 42.5. The number of nitrogens with one attached hydrogen (secondary N) is 3. The molecule has 12 nitrogen and oxygen atoms in total. The van der Waals surface area contributed by atoms with Crippen LogP contribution >= 0.6 is 0 Å². The minimum atomic E-state index is -0.468. The number of hydrogen-bond acceptors (Lipinski definition) is 7. The molecule has 2 aromatic rings. The van der Waals surface area contributed by atoms with E-state index in [4.69, 9.17) is 9.26 Å². The maximum Gasteiger partial charge on any atom is 0.321 e. The van der Waals surface area contributed by atoms with Crippen molar-refractivity contribution in [2.24, 2.45) is 5.92 Å². The molecule has 12 heteroatoms. The highest BCUT2D eigenvalue weighted by atomic mass is 16.5. The average molecular weight is 571 g/mol. The molecular formula is C29H42N6O6. The van der Waals surface area contributed by atoms with Crippen molar-refractivity contribution >= 4 is 29.3 Å². The number of carbonyl (C=O) groups excluding carboxylic acids is 3. The number of benzene rings is 1. The van der Waals surface area contributed by atoms with Crippen molar-refractivity contribution in [2.75, 3.05) is 37.4 Å². The highest BCUT2D eigenvalue weighted by Crippen LogP contribution is 2.31. The van der Waals surface area contributed by atoms with Crippen molar-refractivity contribution in [1.29, 1.82) is 0 Å². The molecule has 1 aromatic carbocycles. The van der Waals surface area contributed by atoms with Crippen molar-refractivity contribution in [1.82, 2.24) is 20.3 Å². The summed E-state index contributed by atoms with van der Waals surface area (Å²) in [5, 5.41) is 22.5. The van der Waals surface area contributed by atoms with Crippen LogP contribution < -0.4 is 20.7 Å². The molecule has 0 saturated heterocycles. The van der Waals surface area contributed by atoms with E-state index >= 15 is 0 Å². The van der Waals surface area contributed by atoms with Gasteiger partial charge in [0.05, 0.1) is 24.8 Å². The quantitative estimate of drug-likeness (QED) is 0.391. The van der Waals surface area contributed by atoms with Crippen LogP contribution in [0.25, 0.3) is 0 Å². The van der Waals surface area contributed by atoms with Gasteiger partial charge in [-0.2, -0.15) is 0 Å². The molecule has 1 aliphatic carbocycles. The van der Waals surface area contributed by atoms with Gasteiger partial charge in [-0.3, -0.25) is 4.79 Å². The van der Waals surface area contributed by atoms with Gasteiger partial charge in [-0.05, 0) is 51.8 Å². The van der Waals surface area contributed by atoms with Gasteiger partial charge in [-0.25, -0.2) is 9.59 Å². The number of anilines is 2. The molecule has 0 bridgehead atoms. The molecule has 3 atom stereocenters. The molecule has 4 rings (SSSR count). The van der Waals surface area contributed by atoms with E-state index in [-0.39, 0.29) is 48.6 Å². The van der Waals surface area contributed by atoms with Crippen LogP contribution in [0.3, 0.4) is 0 Å². The summed E-state index contributed by atoms with van der Waals surface area (Å²) in [6.07, 6.45) is 4.85. The van der Waals surface area contributed by atoms with Crippen molar-refractivity contribution in [3.63, 3.8) is 0 Å². The molecule has 224 valence electrons. The van der Waals surface area contributed by atoms with E-state index in [2.05, 4.69) is 21.1 Å². The van der Waals surface area contributed by atoms with Gasteiger partial charge in [0, 0.05) is 31.2 Å². The van der Waals surface area contributed by atoms with Crippen LogP contribution in [0, 0.1) is 19.8 Å². The van der Waals surface area contributed by atoms with Gasteiger partial charge in [0.25, 0.3) is 5.91 Å². The lowest BCUT2D eigenvalue weighted by Gasteiger charge is -2.38. The van der Waals surface area contributed by atoms with Crippen LogP contribution in [0.15, 0.2) is 22.7 Å². The maximum absolute atomic E-state index is 13.7. The zero-order chi connectivity index (χ0) is 29.7. The lowest BCUT2D eigenvalue weighted by molar-refractivity contribution is 0.0371. The number of likely N-dealkylation sites (N-methyl/N-ethyl adjacent to an activating group) is 1. The van der Waals surface area contributed by atoms with Crippen LogP contribution in [-0.2, 0) is 0 Å². The molecule has 0 spiro atoms. The monoisotopic (exact) mass is 570 g/mol. The van der Waals surface area contributed by atoms with Crippen LogP contribution in [0.2, 0.25) is 0 Å². The Bertz CT molecular complexity index is 1220. The van der Waals surface area contributed by atoms with Gasteiger partial charge in [-0.1, -0.05) is 31.3 Å². The molecule has 5 amide bonds. The standard InChI is InChI=1S/C29H42N6O6/c1-17-14-35(18(2)16-36)27(37)23-13-22(31-28(38)30-21-9-7-6-8-10-21)11-12-24(23)40-25(17)15-34(5)29(39)32-26-19(3)33-41-20(26)4/h11-13,17-18,21,25,36H,6-10,14-16H2,1-5H3,(H,32,39)(H2,30,31,38)/t17-,18-,25-/m0/s1. The Labute approximate surface area is 240 Å². The first-order valence-corrected chi connectivity index (χ1v) is 14.3. The van der Waals surface area contributed by atoms with Gasteiger partial charge in [-0.15, -0.1) is 0 Å². The lowest BCUT2D eigenvalue weighted by atomic mass is 9.96. The summed E-state index contributed by atoms with van der Waals surface area (Å²) in [5.41, 5.74) is 1.85. The fourth-order valence-corrected chi connectivity index (χ4v) is 5.33. The number of fused-ring (bicyclic) bond motifs is 1. The fraction of sp³-hybridized carbons (Fsp3) is 0.586. The first kappa shape index (κ1) is 30.2. The Kier molecular flexibility index (Phi) is 9.74. The number of rotatable bonds is 7. The fourth-order valence-electron chi connectivity index (χ4n) is 5.33. The number of carbonyl (C=O) groups is 3. The van der Waals surface area contributed by atoms with E-state index in [1.54, 1.807) is 50.9 Å². The number of aryl methyl sites for hydroxylation is 2. The number of aliphatic hydroxyl groups excluding tert-OH is 1. The molecular weight excluding hydrogens is 528 g/mol. The molecule has 0 unspecified atom stereocenters. The summed E-state index contributed by atoms with van der Waals surface area (Å²) >= 11 is 0. The molecule has 41 heavy (non-hydrogen) atoms. The number of aromatic nitrogens is 1. The zero-order valence-corrected chi connectivity index (χ0v) is 24.5. The highest BCUT2D eigenvalue weighted by Gasteiger charge is 2.34. The average Bonchev–Trinajstić information content (AvgIpc) is 3.27. The Morgan fingerprint density at radius 1 is 1.20 bits per heavy atom. The minimum Gasteiger partial charge on any atom is -0.487 e. The predicted molar refractivity (Wildman–Crippen MR) is 154 cm³/mol. The van der Waals surface area contributed by atoms with E-state index in [1.165, 1.54) is 11.3 Å². The van der Waals surface area contributed by atoms with Crippen LogP contribution in [0.4, 0.5) is 21.0 Å². The van der Waals surface area contributed by atoms with Crippen LogP contribution in [0.1, 0.15) is 67.8 Å². The highest BCUT2D eigenvalue weighted by molar-refractivity contribution is 5.99. The second kappa shape index (κ2) is 13.2. The van der Waals surface area contributed by atoms with Crippen molar-refractivity contribution in [2.45, 2.75) is 78.0 Å². The van der Waals surface area contributed by atoms with E-state index in [1.807, 2.05) is 6.92 Å². The lowest BCUT2D eigenvalue weighted by Crippen LogP contribution is -2.50. The van der Waals surface area contributed by atoms with Crippen LogP contribution in [0.5, 0.6) is 5.75 Å². The van der Waals surface area contributed by atoms with Crippen molar-refractivity contribution < 1.29 is 28.8 Å². The minimum absolute atomic E-state index is 0.146. The Balaban J connectivity index is 1.53. The summed E-state index contributed by atoms with van der Waals surface area (Å²) in [6.45, 7) is 7.54. The Morgan fingerprint density at radius 2 is 1.93 bits per heavy atom. The van der Waals surface area contributed by atoms with E-state index < -0.39 is 12.1 Å². The predicted octanol–water partition coefficient (Wildman–Crippen LogP) is 4.13. The molecule has 1 aliphatic heterocycles. The number of ether oxygens (including phenoxy) is 1. The first-order valence-electron chi connectivity index (χ1n) is 14.3. The molecule has 1 saturated carbocycles. The summed E-state index contributed by atoms with van der Waals surface area (Å²) in [6, 6.07) is 4.02. The second-order valence-electron chi connectivity index (χ2n) is 11.3. The third-order valence-electron chi connectivity index (χ3n) is 7.93. The third-order valence-corrected chi connectivity index (χ3v) is 7.93. The summed E-state index contributed by atoms with van der Waals surface area (Å²) < 4.78 is 11.5. The van der Waals surface area contributed by atoms with E-state index in [9.17, 15) is 19.5 Å². The summed E-state index contributed by atoms with van der Waals surface area (Å²) in [5.74, 6) is 0.388. The molecule has 4 N–H and O–H groups in total. The number of urea groups is 2. The Hall–Kier alpha value is -3.80. The largest absolute Gasteiger partial charge is 0.487 e.